The van der Waals surface area contributed by atoms with E-state index in [-0.39, 0.29) is 0 Å². The number of hydrogen-bond acceptors (Lipinski definition) is 3. The van der Waals surface area contributed by atoms with Crippen LogP contribution in [0.15, 0.2) is 16.6 Å². The van der Waals surface area contributed by atoms with Gasteiger partial charge in [0, 0.05) is 29.3 Å². The Labute approximate surface area is 124 Å². The van der Waals surface area contributed by atoms with Crippen molar-refractivity contribution in [3.05, 3.63) is 22.2 Å². The summed E-state index contributed by atoms with van der Waals surface area (Å²) in [6.45, 7) is 3.12. The summed E-state index contributed by atoms with van der Waals surface area (Å²) in [5.74, 6) is 0. The zero-order chi connectivity index (χ0) is 14.2. The van der Waals surface area contributed by atoms with E-state index in [9.17, 15) is 0 Å². The minimum absolute atomic E-state index is 0.337. The van der Waals surface area contributed by atoms with Crippen molar-refractivity contribution in [1.82, 2.24) is 4.90 Å². The lowest BCUT2D eigenvalue weighted by Crippen LogP contribution is -2.56. The van der Waals surface area contributed by atoms with E-state index < -0.39 is 0 Å². The van der Waals surface area contributed by atoms with E-state index in [1.807, 2.05) is 6.07 Å². The zero-order valence-corrected chi connectivity index (χ0v) is 13.9. The minimum atomic E-state index is 0.337. The third kappa shape index (κ3) is 2.75. The maximum atomic E-state index is 5.95. The van der Waals surface area contributed by atoms with Crippen LogP contribution in [-0.4, -0.2) is 38.1 Å². The van der Waals surface area contributed by atoms with E-state index in [2.05, 4.69) is 59.9 Å². The Morgan fingerprint density at radius 1 is 1.26 bits per heavy atom. The average Bonchev–Trinajstić information content (AvgIpc) is 2.27. The van der Waals surface area contributed by atoms with Crippen LogP contribution < -0.4 is 10.6 Å². The van der Waals surface area contributed by atoms with Gasteiger partial charge in [0.1, 0.15) is 0 Å². The first-order valence-electron chi connectivity index (χ1n) is 6.80. The van der Waals surface area contributed by atoms with Crippen LogP contribution in [0.2, 0.25) is 0 Å². The molecular formula is C15H24BrN3. The van der Waals surface area contributed by atoms with Gasteiger partial charge in [0.05, 0.1) is 5.69 Å². The Bertz CT molecular complexity index is 467. The molecule has 0 aliphatic heterocycles. The number of halogens is 1. The van der Waals surface area contributed by atoms with Gasteiger partial charge in [-0.15, -0.1) is 0 Å². The molecule has 0 saturated heterocycles. The second-order valence-electron chi connectivity index (χ2n) is 5.99. The number of benzene rings is 1. The van der Waals surface area contributed by atoms with E-state index in [4.69, 9.17) is 5.73 Å². The van der Waals surface area contributed by atoms with E-state index in [1.165, 1.54) is 24.9 Å². The van der Waals surface area contributed by atoms with Crippen LogP contribution in [0.3, 0.4) is 0 Å². The van der Waals surface area contributed by atoms with E-state index >= 15 is 0 Å². The van der Waals surface area contributed by atoms with E-state index in [0.717, 1.165) is 22.3 Å². The highest BCUT2D eigenvalue weighted by Gasteiger charge is 2.40. The fraction of sp³-hybridized carbons (Fsp3) is 0.600. The SMILES string of the molecule is Cc1cc(N(C)CC2(N(C)C)CCC2)c(Br)cc1N. The second kappa shape index (κ2) is 5.33. The third-order valence-electron chi connectivity index (χ3n) is 4.51. The maximum absolute atomic E-state index is 5.95. The molecule has 4 heteroatoms. The molecule has 0 heterocycles. The Hall–Kier alpha value is -0.740. The standard InChI is InChI=1S/C15H24BrN3/c1-11-8-14(12(16)9-13(11)17)19(4)10-15(18(2)3)6-5-7-15/h8-9H,5-7,10,17H2,1-4H3. The first-order valence-corrected chi connectivity index (χ1v) is 7.59. The fourth-order valence-electron chi connectivity index (χ4n) is 2.83. The average molecular weight is 326 g/mol. The Kier molecular flexibility index (Phi) is 4.11. The number of hydrogen-bond donors (Lipinski definition) is 1. The lowest BCUT2D eigenvalue weighted by molar-refractivity contribution is 0.0683. The number of nitrogen functional groups attached to an aromatic ring is 1. The summed E-state index contributed by atoms with van der Waals surface area (Å²) in [6.07, 6.45) is 3.92. The highest BCUT2D eigenvalue weighted by molar-refractivity contribution is 9.10. The van der Waals surface area contributed by atoms with Crippen molar-refractivity contribution in [2.45, 2.75) is 31.7 Å². The third-order valence-corrected chi connectivity index (χ3v) is 5.15. The van der Waals surface area contributed by atoms with E-state index in [0.29, 0.717) is 5.54 Å². The van der Waals surface area contributed by atoms with Gasteiger partial charge in [-0.2, -0.15) is 0 Å². The molecule has 0 spiro atoms. The second-order valence-corrected chi connectivity index (χ2v) is 6.84. The molecule has 0 unspecified atom stereocenters. The molecule has 3 nitrogen and oxygen atoms in total. The van der Waals surface area contributed by atoms with Crippen molar-refractivity contribution < 1.29 is 0 Å². The topological polar surface area (TPSA) is 32.5 Å². The number of anilines is 2. The summed E-state index contributed by atoms with van der Waals surface area (Å²) in [5, 5.41) is 0. The first-order chi connectivity index (χ1) is 8.85. The Morgan fingerprint density at radius 3 is 2.37 bits per heavy atom. The van der Waals surface area contributed by atoms with Crippen LogP contribution in [-0.2, 0) is 0 Å². The molecule has 1 aliphatic carbocycles. The summed E-state index contributed by atoms with van der Waals surface area (Å²) in [6, 6.07) is 4.17. The molecule has 1 saturated carbocycles. The summed E-state index contributed by atoms with van der Waals surface area (Å²) in [4.78, 5) is 4.72. The van der Waals surface area contributed by atoms with Gasteiger partial charge < -0.3 is 15.5 Å². The summed E-state index contributed by atoms with van der Waals surface area (Å²) >= 11 is 3.63. The highest BCUT2D eigenvalue weighted by atomic mass is 79.9. The van der Waals surface area contributed by atoms with Gasteiger partial charge in [-0.3, -0.25) is 0 Å². The molecule has 0 radical (unpaired) electrons. The van der Waals surface area contributed by atoms with Gasteiger partial charge in [0.15, 0.2) is 0 Å². The van der Waals surface area contributed by atoms with Crippen molar-refractivity contribution in [3.63, 3.8) is 0 Å². The Morgan fingerprint density at radius 2 is 1.89 bits per heavy atom. The number of rotatable bonds is 4. The van der Waals surface area contributed by atoms with Crippen LogP contribution >= 0.6 is 15.9 Å². The van der Waals surface area contributed by atoms with Crippen LogP contribution in [0.25, 0.3) is 0 Å². The van der Waals surface area contributed by atoms with Crippen LogP contribution in [0.5, 0.6) is 0 Å². The van der Waals surface area contributed by atoms with Crippen molar-refractivity contribution in [1.29, 1.82) is 0 Å². The van der Waals surface area contributed by atoms with Gasteiger partial charge >= 0.3 is 0 Å². The minimum Gasteiger partial charge on any atom is -0.398 e. The van der Waals surface area contributed by atoms with Gasteiger partial charge in [-0.05, 0) is 73.9 Å². The lowest BCUT2D eigenvalue weighted by atomic mass is 9.75. The number of nitrogens with two attached hydrogens (primary N) is 1. The van der Waals surface area contributed by atoms with Crippen LogP contribution in [0.1, 0.15) is 24.8 Å². The molecule has 0 amide bonds. The summed E-state index contributed by atoms with van der Waals surface area (Å²) in [7, 11) is 6.55. The normalized spacial score (nSPS) is 17.4. The molecule has 1 aliphatic rings. The summed E-state index contributed by atoms with van der Waals surface area (Å²) in [5.41, 5.74) is 9.48. The molecule has 0 atom stereocenters. The van der Waals surface area contributed by atoms with Crippen molar-refractivity contribution in [2.75, 3.05) is 38.3 Å². The number of nitrogens with zero attached hydrogens (tertiary/aromatic N) is 2. The van der Waals surface area contributed by atoms with Crippen molar-refractivity contribution in [2.24, 2.45) is 0 Å². The Balaban J connectivity index is 2.20. The highest BCUT2D eigenvalue weighted by Crippen LogP contribution is 2.39. The molecule has 0 aromatic heterocycles. The number of aryl methyl sites for hydroxylation is 1. The molecule has 1 aromatic carbocycles. The molecule has 2 N–H and O–H groups in total. The molecule has 2 rings (SSSR count). The van der Waals surface area contributed by atoms with Gasteiger partial charge in [-0.1, -0.05) is 0 Å². The predicted molar refractivity (Wildman–Crippen MR) is 86.8 cm³/mol. The van der Waals surface area contributed by atoms with E-state index in [1.54, 1.807) is 0 Å². The first kappa shape index (κ1) is 14.7. The molecule has 1 aromatic rings. The predicted octanol–water partition coefficient (Wildman–Crippen LogP) is 3.26. The molecule has 0 bridgehead atoms. The molecular weight excluding hydrogens is 302 g/mol. The molecule has 1 fully saturated rings. The molecule has 106 valence electrons. The molecule has 19 heavy (non-hydrogen) atoms. The van der Waals surface area contributed by atoms with Gasteiger partial charge in [0.2, 0.25) is 0 Å². The van der Waals surface area contributed by atoms with Crippen molar-refractivity contribution in [3.8, 4) is 0 Å². The maximum Gasteiger partial charge on any atom is 0.0512 e. The number of likely N-dealkylation sites (N-methyl/N-ethyl adjacent to an activating group) is 2. The van der Waals surface area contributed by atoms with Crippen LogP contribution in [0.4, 0.5) is 11.4 Å². The monoisotopic (exact) mass is 325 g/mol. The van der Waals surface area contributed by atoms with Crippen molar-refractivity contribution >= 4 is 27.3 Å². The zero-order valence-electron chi connectivity index (χ0n) is 12.3. The largest absolute Gasteiger partial charge is 0.398 e. The lowest BCUT2D eigenvalue weighted by Gasteiger charge is -2.49. The smallest absolute Gasteiger partial charge is 0.0512 e. The van der Waals surface area contributed by atoms with Gasteiger partial charge in [-0.25, -0.2) is 0 Å². The quantitative estimate of drug-likeness (QED) is 0.862. The fourth-order valence-corrected chi connectivity index (χ4v) is 3.50. The van der Waals surface area contributed by atoms with Crippen LogP contribution in [0, 0.1) is 6.92 Å². The summed E-state index contributed by atoms with van der Waals surface area (Å²) < 4.78 is 1.08. The van der Waals surface area contributed by atoms with Gasteiger partial charge in [0.25, 0.3) is 0 Å².